The molecule has 0 saturated carbocycles. The van der Waals surface area contributed by atoms with Gasteiger partial charge in [0.25, 0.3) is 0 Å². The van der Waals surface area contributed by atoms with Crippen molar-refractivity contribution < 1.29 is 8.42 Å². The molecule has 0 amide bonds. The summed E-state index contributed by atoms with van der Waals surface area (Å²) in [5.74, 6) is 0.246. The second kappa shape index (κ2) is 6.63. The topological polar surface area (TPSA) is 59.1 Å². The molecule has 6 heteroatoms. The molecule has 0 atom stereocenters. The first kappa shape index (κ1) is 15.6. The summed E-state index contributed by atoms with van der Waals surface area (Å²) >= 11 is 1.52. The first-order valence-electron chi connectivity index (χ1n) is 6.29. The van der Waals surface area contributed by atoms with Gasteiger partial charge in [-0.15, -0.1) is 11.3 Å². The molecule has 0 aromatic carbocycles. The third-order valence-corrected chi connectivity index (χ3v) is 5.48. The molecule has 1 aromatic heterocycles. The van der Waals surface area contributed by atoms with E-state index in [-0.39, 0.29) is 11.5 Å². The molecule has 0 unspecified atom stereocenters. The van der Waals surface area contributed by atoms with E-state index in [0.29, 0.717) is 11.0 Å². The van der Waals surface area contributed by atoms with Gasteiger partial charge in [-0.05, 0) is 6.42 Å². The number of aryl methyl sites for hydroxylation is 1. The maximum atomic E-state index is 11.6. The van der Waals surface area contributed by atoms with E-state index in [0.717, 1.165) is 23.5 Å². The minimum atomic E-state index is -2.99. The summed E-state index contributed by atoms with van der Waals surface area (Å²) in [7, 11) is -2.99. The van der Waals surface area contributed by atoms with E-state index in [9.17, 15) is 8.42 Å². The fourth-order valence-corrected chi connectivity index (χ4v) is 3.82. The molecule has 0 spiro atoms. The maximum Gasteiger partial charge on any atom is 0.156 e. The fourth-order valence-electron chi connectivity index (χ4n) is 1.50. The molecule has 0 fully saturated rings. The Hall–Kier alpha value is -0.460. The standard InChI is InChI=1S/C12H22N2O2S2/c1-5-10-11(7-13-9(3)4)17-12(14-10)8-18(15,16)6-2/h9,13H,5-8H2,1-4H3. The van der Waals surface area contributed by atoms with Gasteiger partial charge in [0.15, 0.2) is 9.84 Å². The number of thiazole rings is 1. The summed E-state index contributed by atoms with van der Waals surface area (Å²) < 4.78 is 23.2. The van der Waals surface area contributed by atoms with E-state index in [4.69, 9.17) is 0 Å². The summed E-state index contributed by atoms with van der Waals surface area (Å²) in [5.41, 5.74) is 1.02. The van der Waals surface area contributed by atoms with E-state index in [1.165, 1.54) is 11.3 Å². The Balaban J connectivity index is 2.84. The molecule has 1 aromatic rings. The van der Waals surface area contributed by atoms with Crippen LogP contribution in [0, 0.1) is 0 Å². The number of nitrogens with one attached hydrogen (secondary N) is 1. The van der Waals surface area contributed by atoms with E-state index in [1.54, 1.807) is 6.92 Å². The highest BCUT2D eigenvalue weighted by atomic mass is 32.2. The average molecular weight is 290 g/mol. The average Bonchev–Trinajstić information content (AvgIpc) is 2.67. The molecule has 1 rings (SSSR count). The van der Waals surface area contributed by atoms with Gasteiger partial charge in [-0.3, -0.25) is 0 Å². The van der Waals surface area contributed by atoms with Crippen molar-refractivity contribution in [3.05, 3.63) is 15.6 Å². The molecule has 1 heterocycles. The van der Waals surface area contributed by atoms with Crippen LogP contribution >= 0.6 is 11.3 Å². The Bertz CT molecular complexity index is 478. The first-order chi connectivity index (χ1) is 8.38. The van der Waals surface area contributed by atoms with E-state index in [2.05, 4.69) is 24.1 Å². The zero-order chi connectivity index (χ0) is 13.8. The number of hydrogen-bond acceptors (Lipinski definition) is 5. The lowest BCUT2D eigenvalue weighted by molar-refractivity contribution is 0.590. The van der Waals surface area contributed by atoms with Gasteiger partial charge in [0.05, 0.1) is 5.69 Å². The Labute approximate surface area is 114 Å². The van der Waals surface area contributed by atoms with Crippen molar-refractivity contribution in [1.82, 2.24) is 10.3 Å². The second-order valence-electron chi connectivity index (χ2n) is 4.54. The van der Waals surface area contributed by atoms with Crippen LogP contribution in [0.3, 0.4) is 0 Å². The first-order valence-corrected chi connectivity index (χ1v) is 8.93. The van der Waals surface area contributed by atoms with Gasteiger partial charge in [-0.25, -0.2) is 13.4 Å². The number of nitrogens with zero attached hydrogens (tertiary/aromatic N) is 1. The van der Waals surface area contributed by atoms with Crippen molar-refractivity contribution in [1.29, 1.82) is 0 Å². The number of rotatable bonds is 7. The molecule has 104 valence electrons. The maximum absolute atomic E-state index is 11.6. The zero-order valence-corrected chi connectivity index (χ0v) is 13.1. The summed E-state index contributed by atoms with van der Waals surface area (Å²) in [4.78, 5) is 5.60. The zero-order valence-electron chi connectivity index (χ0n) is 11.5. The van der Waals surface area contributed by atoms with Gasteiger partial charge < -0.3 is 5.32 Å². The second-order valence-corrected chi connectivity index (χ2v) is 8.06. The largest absolute Gasteiger partial charge is 0.310 e. The minimum absolute atomic E-state index is 0.0723. The van der Waals surface area contributed by atoms with Crippen LogP contribution in [0.2, 0.25) is 0 Å². The number of aromatic nitrogens is 1. The Kier molecular flexibility index (Phi) is 5.75. The molecule has 0 radical (unpaired) electrons. The van der Waals surface area contributed by atoms with Crippen LogP contribution in [0.15, 0.2) is 0 Å². The highest BCUT2D eigenvalue weighted by molar-refractivity contribution is 7.90. The van der Waals surface area contributed by atoms with Crippen molar-refractivity contribution in [2.24, 2.45) is 0 Å². The molecule has 0 aliphatic heterocycles. The molecule has 0 bridgehead atoms. The molecular formula is C12H22N2O2S2. The van der Waals surface area contributed by atoms with Crippen LogP contribution in [-0.4, -0.2) is 25.2 Å². The Morgan fingerprint density at radius 2 is 2.00 bits per heavy atom. The molecular weight excluding hydrogens is 268 g/mol. The van der Waals surface area contributed by atoms with Gasteiger partial charge in [0.1, 0.15) is 10.8 Å². The van der Waals surface area contributed by atoms with Crippen LogP contribution in [-0.2, 0) is 28.6 Å². The van der Waals surface area contributed by atoms with Crippen LogP contribution < -0.4 is 5.32 Å². The van der Waals surface area contributed by atoms with Crippen molar-refractivity contribution in [3.8, 4) is 0 Å². The van der Waals surface area contributed by atoms with Crippen LogP contribution in [0.4, 0.5) is 0 Å². The normalized spacial score (nSPS) is 12.3. The minimum Gasteiger partial charge on any atom is -0.310 e. The SMILES string of the molecule is CCc1nc(CS(=O)(=O)CC)sc1CNC(C)C. The molecule has 0 aliphatic rings. The van der Waals surface area contributed by atoms with Crippen molar-refractivity contribution in [2.45, 2.75) is 52.5 Å². The summed E-state index contributed by atoms with van der Waals surface area (Å²) in [5, 5.41) is 4.06. The molecule has 18 heavy (non-hydrogen) atoms. The quantitative estimate of drug-likeness (QED) is 0.836. The highest BCUT2D eigenvalue weighted by Crippen LogP contribution is 2.21. The molecule has 0 saturated heterocycles. The van der Waals surface area contributed by atoms with E-state index in [1.807, 2.05) is 6.92 Å². The van der Waals surface area contributed by atoms with Gasteiger partial charge in [0.2, 0.25) is 0 Å². The van der Waals surface area contributed by atoms with Crippen molar-refractivity contribution in [3.63, 3.8) is 0 Å². The smallest absolute Gasteiger partial charge is 0.156 e. The van der Waals surface area contributed by atoms with Crippen LogP contribution in [0.25, 0.3) is 0 Å². The molecule has 1 N–H and O–H groups in total. The van der Waals surface area contributed by atoms with Gasteiger partial charge in [-0.2, -0.15) is 0 Å². The van der Waals surface area contributed by atoms with Gasteiger partial charge in [0, 0.05) is 23.2 Å². The number of sulfone groups is 1. The molecule has 4 nitrogen and oxygen atoms in total. The van der Waals surface area contributed by atoms with E-state index >= 15 is 0 Å². The predicted octanol–water partition coefficient (Wildman–Crippen LogP) is 2.14. The van der Waals surface area contributed by atoms with Crippen LogP contribution in [0.1, 0.15) is 43.3 Å². The van der Waals surface area contributed by atoms with Gasteiger partial charge in [-0.1, -0.05) is 27.7 Å². The lowest BCUT2D eigenvalue weighted by Gasteiger charge is -2.06. The summed E-state index contributed by atoms with van der Waals surface area (Å²) in [6.45, 7) is 8.67. The fraction of sp³-hybridized carbons (Fsp3) is 0.750. The highest BCUT2D eigenvalue weighted by Gasteiger charge is 2.15. The predicted molar refractivity (Wildman–Crippen MR) is 76.6 cm³/mol. The van der Waals surface area contributed by atoms with Crippen LogP contribution in [0.5, 0.6) is 0 Å². The summed E-state index contributed by atoms with van der Waals surface area (Å²) in [6.07, 6.45) is 0.845. The Morgan fingerprint density at radius 1 is 1.33 bits per heavy atom. The van der Waals surface area contributed by atoms with Crippen molar-refractivity contribution >= 4 is 21.2 Å². The van der Waals surface area contributed by atoms with E-state index < -0.39 is 9.84 Å². The lowest BCUT2D eigenvalue weighted by atomic mass is 10.3. The Morgan fingerprint density at radius 3 is 2.50 bits per heavy atom. The molecule has 0 aliphatic carbocycles. The summed E-state index contributed by atoms with van der Waals surface area (Å²) in [6, 6.07) is 0.416. The number of hydrogen-bond donors (Lipinski definition) is 1. The van der Waals surface area contributed by atoms with Crippen molar-refractivity contribution in [2.75, 3.05) is 5.75 Å². The van der Waals surface area contributed by atoms with Gasteiger partial charge >= 0.3 is 0 Å². The monoisotopic (exact) mass is 290 g/mol. The third-order valence-electron chi connectivity index (χ3n) is 2.61. The third kappa shape index (κ3) is 4.66. The lowest BCUT2D eigenvalue weighted by Crippen LogP contribution is -2.21.